The van der Waals surface area contributed by atoms with Crippen LogP contribution in [0.4, 0.5) is 5.69 Å². The van der Waals surface area contributed by atoms with Crippen LogP contribution in [0.5, 0.6) is 0 Å². The molecule has 0 spiro atoms. The second kappa shape index (κ2) is 6.76. The molecule has 1 rings (SSSR count). The molecule has 1 unspecified atom stereocenters. The van der Waals surface area contributed by atoms with E-state index in [1.54, 1.807) is 13.0 Å². The van der Waals surface area contributed by atoms with Crippen molar-refractivity contribution in [2.45, 2.75) is 20.4 Å². The summed E-state index contributed by atoms with van der Waals surface area (Å²) in [6, 6.07) is 7.35. The van der Waals surface area contributed by atoms with Crippen LogP contribution < -0.4 is 16.4 Å². The van der Waals surface area contributed by atoms with Crippen molar-refractivity contribution >= 4 is 17.5 Å². The standard InChI is InChI=1S/C13H19N3O2/c1-9(7-14)13(18)15-8-11-4-3-5-12(6-11)16-10(2)17/h3-6,9H,7-8,14H2,1-2H3,(H,15,18)(H,16,17). The second-order valence-electron chi connectivity index (χ2n) is 4.24. The van der Waals surface area contributed by atoms with Crippen LogP contribution in [0.3, 0.4) is 0 Å². The Morgan fingerprint density at radius 2 is 2.11 bits per heavy atom. The minimum Gasteiger partial charge on any atom is -0.352 e. The lowest BCUT2D eigenvalue weighted by atomic mass is 10.1. The third-order valence-electron chi connectivity index (χ3n) is 2.52. The number of nitrogens with two attached hydrogens (primary N) is 1. The first-order valence-corrected chi connectivity index (χ1v) is 5.87. The van der Waals surface area contributed by atoms with Gasteiger partial charge in [0.05, 0.1) is 0 Å². The van der Waals surface area contributed by atoms with Gasteiger partial charge in [-0.15, -0.1) is 0 Å². The number of anilines is 1. The Morgan fingerprint density at radius 1 is 1.39 bits per heavy atom. The first kappa shape index (κ1) is 14.2. The Morgan fingerprint density at radius 3 is 2.72 bits per heavy atom. The fraction of sp³-hybridized carbons (Fsp3) is 0.385. The molecular formula is C13H19N3O2. The summed E-state index contributed by atoms with van der Waals surface area (Å²) in [5.41, 5.74) is 7.07. The molecule has 2 amide bonds. The van der Waals surface area contributed by atoms with E-state index in [2.05, 4.69) is 10.6 Å². The molecular weight excluding hydrogens is 230 g/mol. The van der Waals surface area contributed by atoms with Gasteiger partial charge in [0, 0.05) is 31.6 Å². The summed E-state index contributed by atoms with van der Waals surface area (Å²) in [6.45, 7) is 3.99. The molecule has 0 radical (unpaired) electrons. The summed E-state index contributed by atoms with van der Waals surface area (Å²) in [4.78, 5) is 22.5. The van der Waals surface area contributed by atoms with Gasteiger partial charge in [-0.2, -0.15) is 0 Å². The third-order valence-corrected chi connectivity index (χ3v) is 2.52. The van der Waals surface area contributed by atoms with Gasteiger partial charge in [-0.3, -0.25) is 9.59 Å². The number of hydrogen-bond acceptors (Lipinski definition) is 3. The number of benzene rings is 1. The van der Waals surface area contributed by atoms with Crippen LogP contribution in [0.2, 0.25) is 0 Å². The Hall–Kier alpha value is -1.88. The van der Waals surface area contributed by atoms with Crippen molar-refractivity contribution < 1.29 is 9.59 Å². The maximum absolute atomic E-state index is 11.5. The molecule has 0 aromatic heterocycles. The molecule has 0 aliphatic carbocycles. The van der Waals surface area contributed by atoms with Gasteiger partial charge < -0.3 is 16.4 Å². The summed E-state index contributed by atoms with van der Waals surface area (Å²) in [7, 11) is 0. The van der Waals surface area contributed by atoms with E-state index in [4.69, 9.17) is 5.73 Å². The number of carbonyl (C=O) groups is 2. The van der Waals surface area contributed by atoms with E-state index in [1.165, 1.54) is 6.92 Å². The SMILES string of the molecule is CC(=O)Nc1cccc(CNC(=O)C(C)CN)c1. The Labute approximate surface area is 107 Å². The summed E-state index contributed by atoms with van der Waals surface area (Å²) >= 11 is 0. The molecule has 0 heterocycles. The number of hydrogen-bond donors (Lipinski definition) is 3. The summed E-state index contributed by atoms with van der Waals surface area (Å²) in [5.74, 6) is -0.376. The zero-order chi connectivity index (χ0) is 13.5. The van der Waals surface area contributed by atoms with Gasteiger partial charge in [0.2, 0.25) is 11.8 Å². The van der Waals surface area contributed by atoms with Crippen LogP contribution in [0.15, 0.2) is 24.3 Å². The Kier molecular flexibility index (Phi) is 5.32. The molecule has 0 aliphatic heterocycles. The normalized spacial score (nSPS) is 11.7. The van der Waals surface area contributed by atoms with Crippen LogP contribution in [0, 0.1) is 5.92 Å². The van der Waals surface area contributed by atoms with Gasteiger partial charge in [-0.1, -0.05) is 19.1 Å². The van der Waals surface area contributed by atoms with E-state index in [-0.39, 0.29) is 17.7 Å². The quantitative estimate of drug-likeness (QED) is 0.723. The summed E-state index contributed by atoms with van der Waals surface area (Å²) < 4.78 is 0. The molecule has 0 fully saturated rings. The van der Waals surface area contributed by atoms with Gasteiger partial charge in [0.25, 0.3) is 0 Å². The van der Waals surface area contributed by atoms with Gasteiger partial charge in [0.15, 0.2) is 0 Å². The van der Waals surface area contributed by atoms with Crippen molar-refractivity contribution in [3.05, 3.63) is 29.8 Å². The lowest BCUT2D eigenvalue weighted by Crippen LogP contribution is -2.32. The lowest BCUT2D eigenvalue weighted by molar-refractivity contribution is -0.124. The molecule has 5 heteroatoms. The first-order valence-electron chi connectivity index (χ1n) is 5.87. The maximum atomic E-state index is 11.5. The minimum atomic E-state index is -0.191. The predicted octanol–water partition coefficient (Wildman–Crippen LogP) is 0.856. The van der Waals surface area contributed by atoms with Crippen molar-refractivity contribution in [3.8, 4) is 0 Å². The average Bonchev–Trinajstić information content (AvgIpc) is 2.34. The first-order chi connectivity index (χ1) is 8.52. The molecule has 18 heavy (non-hydrogen) atoms. The van der Waals surface area contributed by atoms with Gasteiger partial charge >= 0.3 is 0 Å². The average molecular weight is 249 g/mol. The largest absolute Gasteiger partial charge is 0.352 e. The van der Waals surface area contributed by atoms with E-state index in [1.807, 2.05) is 18.2 Å². The van der Waals surface area contributed by atoms with E-state index in [0.29, 0.717) is 13.1 Å². The fourth-order valence-corrected chi connectivity index (χ4v) is 1.43. The van der Waals surface area contributed by atoms with Crippen molar-refractivity contribution in [1.29, 1.82) is 0 Å². The molecule has 5 nitrogen and oxygen atoms in total. The van der Waals surface area contributed by atoms with Crippen LogP contribution in [0.1, 0.15) is 19.4 Å². The molecule has 4 N–H and O–H groups in total. The number of carbonyl (C=O) groups excluding carboxylic acids is 2. The van der Waals surface area contributed by atoms with E-state index >= 15 is 0 Å². The van der Waals surface area contributed by atoms with E-state index in [0.717, 1.165) is 11.3 Å². The van der Waals surface area contributed by atoms with Crippen molar-refractivity contribution in [2.24, 2.45) is 11.7 Å². The molecule has 1 aromatic carbocycles. The van der Waals surface area contributed by atoms with Gasteiger partial charge in [-0.05, 0) is 17.7 Å². The topological polar surface area (TPSA) is 84.2 Å². The van der Waals surface area contributed by atoms with Crippen LogP contribution in [0.25, 0.3) is 0 Å². The molecule has 1 aromatic rings. The van der Waals surface area contributed by atoms with Gasteiger partial charge in [0.1, 0.15) is 0 Å². The Balaban J connectivity index is 2.57. The zero-order valence-corrected chi connectivity index (χ0v) is 10.7. The monoisotopic (exact) mass is 249 g/mol. The molecule has 0 aliphatic rings. The minimum absolute atomic E-state index is 0.0672. The zero-order valence-electron chi connectivity index (χ0n) is 10.7. The number of rotatable bonds is 5. The lowest BCUT2D eigenvalue weighted by Gasteiger charge is -2.10. The van der Waals surface area contributed by atoms with E-state index in [9.17, 15) is 9.59 Å². The van der Waals surface area contributed by atoms with E-state index < -0.39 is 0 Å². The molecule has 0 saturated carbocycles. The van der Waals surface area contributed by atoms with Crippen LogP contribution in [-0.2, 0) is 16.1 Å². The van der Waals surface area contributed by atoms with Crippen LogP contribution in [-0.4, -0.2) is 18.4 Å². The Bertz CT molecular complexity index is 432. The number of amides is 2. The molecule has 98 valence electrons. The fourth-order valence-electron chi connectivity index (χ4n) is 1.43. The van der Waals surface area contributed by atoms with Crippen molar-refractivity contribution in [3.63, 3.8) is 0 Å². The third kappa shape index (κ3) is 4.55. The van der Waals surface area contributed by atoms with Crippen molar-refractivity contribution in [1.82, 2.24) is 5.32 Å². The second-order valence-corrected chi connectivity index (χ2v) is 4.24. The van der Waals surface area contributed by atoms with Crippen LogP contribution >= 0.6 is 0 Å². The molecule has 1 atom stereocenters. The highest BCUT2D eigenvalue weighted by molar-refractivity contribution is 5.88. The highest BCUT2D eigenvalue weighted by atomic mass is 16.2. The highest BCUT2D eigenvalue weighted by Crippen LogP contribution is 2.10. The molecule has 0 bridgehead atoms. The smallest absolute Gasteiger partial charge is 0.224 e. The summed E-state index contributed by atoms with van der Waals surface area (Å²) in [6.07, 6.45) is 0. The summed E-state index contributed by atoms with van der Waals surface area (Å²) in [5, 5.41) is 5.49. The highest BCUT2D eigenvalue weighted by Gasteiger charge is 2.09. The number of nitrogens with one attached hydrogen (secondary N) is 2. The van der Waals surface area contributed by atoms with Gasteiger partial charge in [-0.25, -0.2) is 0 Å². The maximum Gasteiger partial charge on any atom is 0.224 e. The van der Waals surface area contributed by atoms with Crippen molar-refractivity contribution in [2.75, 3.05) is 11.9 Å². The molecule has 0 saturated heterocycles. The predicted molar refractivity (Wildman–Crippen MR) is 70.8 cm³/mol.